The van der Waals surface area contributed by atoms with Gasteiger partial charge in [-0.1, -0.05) is 6.07 Å². The minimum absolute atomic E-state index is 0.0219. The number of aromatic hydroxyl groups is 1. The van der Waals surface area contributed by atoms with E-state index in [-0.39, 0.29) is 17.9 Å². The van der Waals surface area contributed by atoms with Gasteiger partial charge in [0.15, 0.2) is 17.6 Å². The fourth-order valence-electron chi connectivity index (χ4n) is 1.16. The Morgan fingerprint density at radius 1 is 1.53 bits per heavy atom. The zero-order chi connectivity index (χ0) is 11.4. The van der Waals surface area contributed by atoms with Crippen LogP contribution < -0.4 is 4.74 Å². The van der Waals surface area contributed by atoms with Crippen LogP contribution in [0.1, 0.15) is 5.56 Å². The minimum Gasteiger partial charge on any atom is -0.504 e. The van der Waals surface area contributed by atoms with Crippen LogP contribution in [0.3, 0.4) is 0 Å². The second kappa shape index (κ2) is 4.65. The Morgan fingerprint density at radius 3 is 2.73 bits per heavy atom. The summed E-state index contributed by atoms with van der Waals surface area (Å²) in [5, 5.41) is 26.9. The maximum Gasteiger partial charge on any atom is 0.332 e. The summed E-state index contributed by atoms with van der Waals surface area (Å²) in [5.41, 5.74) is 0.583. The lowest BCUT2D eigenvalue weighted by Gasteiger charge is -2.08. The summed E-state index contributed by atoms with van der Waals surface area (Å²) in [7, 11) is 1.40. The number of methoxy groups -OCH3 is 1. The third kappa shape index (κ3) is 2.85. The number of carboxylic acids is 1. The molecule has 1 aromatic carbocycles. The smallest absolute Gasteiger partial charge is 0.332 e. The minimum atomic E-state index is -1.45. The van der Waals surface area contributed by atoms with Crippen LogP contribution in [0.5, 0.6) is 11.5 Å². The van der Waals surface area contributed by atoms with Gasteiger partial charge in [0.05, 0.1) is 7.11 Å². The van der Waals surface area contributed by atoms with Gasteiger partial charge >= 0.3 is 5.97 Å². The van der Waals surface area contributed by atoms with Crippen LogP contribution in [-0.2, 0) is 11.2 Å². The summed E-state index contributed by atoms with van der Waals surface area (Å²) in [6.45, 7) is 0. The second-order valence-electron chi connectivity index (χ2n) is 3.06. The van der Waals surface area contributed by atoms with Crippen molar-refractivity contribution in [2.24, 2.45) is 0 Å². The third-order valence-electron chi connectivity index (χ3n) is 1.96. The zero-order valence-electron chi connectivity index (χ0n) is 8.17. The first kappa shape index (κ1) is 11.3. The number of ether oxygens (including phenoxy) is 1. The number of phenolic OH excluding ortho intramolecular Hbond substituents is 1. The number of rotatable bonds is 4. The standard InChI is InChI=1S/C10H12O5/c1-15-9-5-6(2-3-7(9)11)4-8(12)10(13)14/h2-3,5,8,11-12H,4H2,1H3,(H,13,14)/i2+1,3+1,5+1,6+1,7+1,9+1. The molecule has 0 spiro atoms. The molecule has 1 unspecified atom stereocenters. The molecule has 0 aromatic heterocycles. The van der Waals surface area contributed by atoms with Crippen molar-refractivity contribution in [2.45, 2.75) is 12.5 Å². The highest BCUT2D eigenvalue weighted by molar-refractivity contribution is 5.72. The van der Waals surface area contributed by atoms with E-state index < -0.39 is 12.1 Å². The molecule has 3 N–H and O–H groups in total. The van der Waals surface area contributed by atoms with E-state index in [0.29, 0.717) is 5.56 Å². The average molecular weight is 218 g/mol. The number of benzene rings is 1. The summed E-state index contributed by atoms with van der Waals surface area (Å²) < 4.78 is 4.85. The van der Waals surface area contributed by atoms with Crippen molar-refractivity contribution in [2.75, 3.05) is 7.11 Å². The Labute approximate surface area is 86.5 Å². The molecule has 0 amide bonds. The van der Waals surface area contributed by atoms with E-state index in [0.717, 1.165) is 0 Å². The van der Waals surface area contributed by atoms with E-state index in [1.165, 1.54) is 25.3 Å². The van der Waals surface area contributed by atoms with Gasteiger partial charge in [0.25, 0.3) is 0 Å². The van der Waals surface area contributed by atoms with E-state index >= 15 is 0 Å². The molecule has 0 aliphatic heterocycles. The van der Waals surface area contributed by atoms with Crippen molar-refractivity contribution in [3.8, 4) is 11.5 Å². The molecule has 0 saturated heterocycles. The van der Waals surface area contributed by atoms with Crippen LogP contribution in [0.2, 0.25) is 0 Å². The Morgan fingerprint density at radius 2 is 2.20 bits per heavy atom. The van der Waals surface area contributed by atoms with Crippen LogP contribution in [0.25, 0.3) is 0 Å². The van der Waals surface area contributed by atoms with E-state index in [1.54, 1.807) is 0 Å². The van der Waals surface area contributed by atoms with Crippen LogP contribution in [-0.4, -0.2) is 34.5 Å². The molecule has 1 aromatic rings. The fourth-order valence-corrected chi connectivity index (χ4v) is 1.16. The Balaban J connectivity index is 2.83. The number of aliphatic hydroxyl groups is 1. The van der Waals surface area contributed by atoms with Gasteiger partial charge in [-0.05, 0) is 17.7 Å². The van der Waals surface area contributed by atoms with Crippen LogP contribution >= 0.6 is 0 Å². The summed E-state index contributed by atoms with van der Waals surface area (Å²) >= 11 is 0. The van der Waals surface area contributed by atoms with Crippen molar-refractivity contribution < 1.29 is 24.9 Å². The number of hydrogen-bond donors (Lipinski definition) is 3. The molecule has 0 aliphatic carbocycles. The van der Waals surface area contributed by atoms with Crippen molar-refractivity contribution in [3.05, 3.63) is 23.8 Å². The number of carboxylic acid groups (broad SMARTS) is 1. The van der Waals surface area contributed by atoms with Crippen molar-refractivity contribution >= 4 is 5.97 Å². The highest BCUT2D eigenvalue weighted by Gasteiger charge is 2.14. The molecule has 5 nitrogen and oxygen atoms in total. The van der Waals surface area contributed by atoms with Gasteiger partial charge in [-0.15, -0.1) is 0 Å². The lowest BCUT2D eigenvalue weighted by Crippen LogP contribution is -2.21. The Bertz CT molecular complexity index is 361. The van der Waals surface area contributed by atoms with Crippen LogP contribution in [0.15, 0.2) is 18.2 Å². The molecular formula is C10H12O5. The number of carbonyl (C=O) groups is 1. The number of aliphatic hydroxyl groups excluding tert-OH is 1. The van der Waals surface area contributed by atoms with Crippen molar-refractivity contribution in [1.82, 2.24) is 0 Å². The first-order valence-corrected chi connectivity index (χ1v) is 4.31. The van der Waals surface area contributed by atoms with Gasteiger partial charge < -0.3 is 20.1 Å². The van der Waals surface area contributed by atoms with E-state index in [2.05, 4.69) is 0 Å². The largest absolute Gasteiger partial charge is 0.504 e. The molecule has 5 heteroatoms. The monoisotopic (exact) mass is 218 g/mol. The van der Waals surface area contributed by atoms with E-state index in [1.807, 2.05) is 0 Å². The maximum absolute atomic E-state index is 10.4. The van der Waals surface area contributed by atoms with Gasteiger partial charge in [-0.2, -0.15) is 0 Å². The molecule has 0 bridgehead atoms. The SMILES string of the molecule is CO[13c]1[13cH][13c](CC(O)C(=O)O)[13cH][13cH][13c]1O. The first-order valence-electron chi connectivity index (χ1n) is 4.31. The molecule has 1 rings (SSSR count). The van der Waals surface area contributed by atoms with Gasteiger partial charge in [-0.25, -0.2) is 4.79 Å². The van der Waals surface area contributed by atoms with Gasteiger partial charge in [0.1, 0.15) is 0 Å². The molecule has 0 heterocycles. The van der Waals surface area contributed by atoms with E-state index in [4.69, 9.17) is 14.9 Å². The predicted octanol–water partition coefficient (Wildman–Crippen LogP) is 0.389. The number of hydrogen-bond acceptors (Lipinski definition) is 4. The van der Waals surface area contributed by atoms with Crippen molar-refractivity contribution in [3.63, 3.8) is 0 Å². The summed E-state index contributed by atoms with van der Waals surface area (Å²) in [4.78, 5) is 10.4. The molecule has 0 fully saturated rings. The maximum atomic E-state index is 10.4. The quantitative estimate of drug-likeness (QED) is 0.680. The molecule has 0 radical (unpaired) electrons. The molecular weight excluding hydrogens is 206 g/mol. The normalized spacial score (nSPS) is 12.1. The summed E-state index contributed by atoms with van der Waals surface area (Å²) in [5.74, 6) is -1.04. The summed E-state index contributed by atoms with van der Waals surface area (Å²) in [6, 6.07) is 4.41. The third-order valence-corrected chi connectivity index (χ3v) is 1.96. The summed E-state index contributed by atoms with van der Waals surface area (Å²) in [6.07, 6.45) is -1.47. The molecule has 82 valence electrons. The number of aliphatic carboxylic acids is 1. The van der Waals surface area contributed by atoms with Crippen LogP contribution in [0, 0.1) is 0 Å². The highest BCUT2D eigenvalue weighted by Crippen LogP contribution is 2.26. The Hall–Kier alpha value is -1.75. The lowest BCUT2D eigenvalue weighted by molar-refractivity contribution is -0.146. The number of phenols is 1. The molecule has 15 heavy (non-hydrogen) atoms. The highest BCUT2D eigenvalue weighted by atomic mass is 16.6. The van der Waals surface area contributed by atoms with Gasteiger partial charge in [-0.3, -0.25) is 0 Å². The molecule has 0 aliphatic rings. The topological polar surface area (TPSA) is 87.0 Å². The van der Waals surface area contributed by atoms with Gasteiger partial charge in [0.2, 0.25) is 0 Å². The Kier molecular flexibility index (Phi) is 3.51. The second-order valence-corrected chi connectivity index (χ2v) is 3.06. The first-order chi connectivity index (χ1) is 7.04. The van der Waals surface area contributed by atoms with Gasteiger partial charge in [0, 0.05) is 6.42 Å². The zero-order valence-corrected chi connectivity index (χ0v) is 8.17. The van der Waals surface area contributed by atoms with E-state index in [9.17, 15) is 9.90 Å². The predicted molar refractivity (Wildman–Crippen MR) is 52.0 cm³/mol. The van der Waals surface area contributed by atoms with Crippen LogP contribution in [0.4, 0.5) is 0 Å². The molecule has 0 saturated carbocycles. The van der Waals surface area contributed by atoms with Crippen molar-refractivity contribution in [1.29, 1.82) is 0 Å². The fraction of sp³-hybridized carbons (Fsp3) is 0.300. The average Bonchev–Trinajstić information content (AvgIpc) is 2.20. The lowest BCUT2D eigenvalue weighted by atomic mass is 10.3. The molecule has 1 atom stereocenters.